The number of amides is 2. The number of benzene rings is 1. The van der Waals surface area contributed by atoms with Crippen LogP contribution in [-0.2, 0) is 9.59 Å². The first-order valence-corrected chi connectivity index (χ1v) is 7.89. The number of nitrogens with zero attached hydrogens (tertiary/aromatic N) is 2. The van der Waals surface area contributed by atoms with Gasteiger partial charge in [-0.05, 0) is 43.0 Å². The van der Waals surface area contributed by atoms with Gasteiger partial charge in [-0.1, -0.05) is 6.92 Å². The van der Waals surface area contributed by atoms with Crippen molar-refractivity contribution in [2.45, 2.75) is 26.2 Å². The smallest absolute Gasteiger partial charge is 0.228 e. The van der Waals surface area contributed by atoms with E-state index in [2.05, 4.69) is 6.92 Å². The molecule has 2 heterocycles. The summed E-state index contributed by atoms with van der Waals surface area (Å²) in [5.74, 6) is -0.0456. The third-order valence-electron chi connectivity index (χ3n) is 4.58. The van der Waals surface area contributed by atoms with E-state index >= 15 is 0 Å². The van der Waals surface area contributed by atoms with Gasteiger partial charge in [-0.3, -0.25) is 9.59 Å². The van der Waals surface area contributed by atoms with Crippen LogP contribution in [0.15, 0.2) is 24.3 Å². The van der Waals surface area contributed by atoms with E-state index in [1.54, 1.807) is 17.0 Å². The Labute approximate surface area is 129 Å². The minimum Gasteiger partial charge on any atom is -0.342 e. The van der Waals surface area contributed by atoms with Crippen LogP contribution in [0.4, 0.5) is 10.1 Å². The molecule has 0 aliphatic carbocycles. The van der Waals surface area contributed by atoms with Gasteiger partial charge >= 0.3 is 0 Å². The van der Waals surface area contributed by atoms with Crippen LogP contribution in [0.25, 0.3) is 0 Å². The zero-order valence-corrected chi connectivity index (χ0v) is 12.8. The van der Waals surface area contributed by atoms with Gasteiger partial charge in [0.05, 0.1) is 5.92 Å². The highest BCUT2D eigenvalue weighted by Gasteiger charge is 2.37. The molecular formula is C17H21FN2O2. The summed E-state index contributed by atoms with van der Waals surface area (Å²) in [5, 5.41) is 0. The highest BCUT2D eigenvalue weighted by molar-refractivity contribution is 6.00. The summed E-state index contributed by atoms with van der Waals surface area (Å²) in [6.45, 7) is 4.14. The van der Waals surface area contributed by atoms with Crippen LogP contribution in [0.5, 0.6) is 0 Å². The van der Waals surface area contributed by atoms with Crippen molar-refractivity contribution >= 4 is 17.5 Å². The van der Waals surface area contributed by atoms with Gasteiger partial charge in [0.1, 0.15) is 5.82 Å². The molecule has 22 heavy (non-hydrogen) atoms. The van der Waals surface area contributed by atoms with E-state index in [1.807, 2.05) is 4.90 Å². The normalized spacial score (nSPS) is 25.6. The lowest BCUT2D eigenvalue weighted by molar-refractivity contribution is -0.137. The van der Waals surface area contributed by atoms with Crippen molar-refractivity contribution in [3.63, 3.8) is 0 Å². The average molecular weight is 304 g/mol. The Balaban J connectivity index is 1.68. The predicted molar refractivity (Wildman–Crippen MR) is 81.8 cm³/mol. The second-order valence-corrected chi connectivity index (χ2v) is 6.41. The molecule has 2 unspecified atom stereocenters. The molecule has 118 valence electrons. The van der Waals surface area contributed by atoms with Crippen LogP contribution in [0.1, 0.15) is 26.2 Å². The van der Waals surface area contributed by atoms with Crippen molar-refractivity contribution in [1.82, 2.24) is 4.90 Å². The maximum atomic E-state index is 13.0. The second kappa shape index (κ2) is 6.07. The minimum absolute atomic E-state index is 0.0602. The molecule has 0 spiro atoms. The molecule has 3 rings (SSSR count). The molecular weight excluding hydrogens is 283 g/mol. The van der Waals surface area contributed by atoms with Crippen LogP contribution >= 0.6 is 0 Å². The number of hydrogen-bond donors (Lipinski definition) is 0. The Morgan fingerprint density at radius 3 is 2.64 bits per heavy atom. The van der Waals surface area contributed by atoms with Gasteiger partial charge < -0.3 is 9.80 Å². The molecule has 0 saturated carbocycles. The average Bonchev–Trinajstić information content (AvgIpc) is 2.89. The SMILES string of the molecule is CC1CCCN(C(=O)C2CC(=O)N(c3ccc(F)cc3)C2)C1. The number of hydrogen-bond acceptors (Lipinski definition) is 2. The third-order valence-corrected chi connectivity index (χ3v) is 4.58. The Morgan fingerprint density at radius 1 is 1.23 bits per heavy atom. The van der Waals surface area contributed by atoms with Gasteiger partial charge in [-0.2, -0.15) is 0 Å². The third kappa shape index (κ3) is 2.98. The molecule has 0 N–H and O–H groups in total. The molecule has 0 radical (unpaired) electrons. The fraction of sp³-hybridized carbons (Fsp3) is 0.529. The van der Waals surface area contributed by atoms with Gasteiger partial charge in [0.2, 0.25) is 11.8 Å². The first-order chi connectivity index (χ1) is 10.5. The fourth-order valence-corrected chi connectivity index (χ4v) is 3.39. The van der Waals surface area contributed by atoms with Gasteiger partial charge in [0.15, 0.2) is 0 Å². The van der Waals surface area contributed by atoms with E-state index in [1.165, 1.54) is 12.1 Å². The lowest BCUT2D eigenvalue weighted by Gasteiger charge is -2.32. The van der Waals surface area contributed by atoms with Gasteiger partial charge in [-0.25, -0.2) is 4.39 Å². The lowest BCUT2D eigenvalue weighted by atomic mass is 9.98. The summed E-state index contributed by atoms with van der Waals surface area (Å²) < 4.78 is 13.0. The number of rotatable bonds is 2. The minimum atomic E-state index is -0.328. The Morgan fingerprint density at radius 2 is 1.95 bits per heavy atom. The summed E-state index contributed by atoms with van der Waals surface area (Å²) in [7, 11) is 0. The quantitative estimate of drug-likeness (QED) is 0.842. The van der Waals surface area contributed by atoms with E-state index in [0.29, 0.717) is 18.2 Å². The lowest BCUT2D eigenvalue weighted by Crippen LogP contribution is -2.43. The summed E-state index contributed by atoms with van der Waals surface area (Å²) in [5.41, 5.74) is 0.661. The van der Waals surface area contributed by atoms with Crippen LogP contribution in [0, 0.1) is 17.7 Å². The largest absolute Gasteiger partial charge is 0.342 e. The number of carbonyl (C=O) groups excluding carboxylic acids is 2. The molecule has 2 aliphatic heterocycles. The van der Waals surface area contributed by atoms with Crippen molar-refractivity contribution in [1.29, 1.82) is 0 Å². The fourth-order valence-electron chi connectivity index (χ4n) is 3.39. The summed E-state index contributed by atoms with van der Waals surface area (Å²) >= 11 is 0. The predicted octanol–water partition coefficient (Wildman–Crippen LogP) is 2.44. The zero-order valence-electron chi connectivity index (χ0n) is 12.8. The summed E-state index contributed by atoms with van der Waals surface area (Å²) in [6, 6.07) is 5.85. The van der Waals surface area contributed by atoms with Crippen molar-refractivity contribution in [2.24, 2.45) is 11.8 Å². The second-order valence-electron chi connectivity index (χ2n) is 6.41. The molecule has 2 amide bonds. The molecule has 4 nitrogen and oxygen atoms in total. The van der Waals surface area contributed by atoms with Crippen molar-refractivity contribution in [3.8, 4) is 0 Å². The van der Waals surface area contributed by atoms with E-state index in [-0.39, 0.29) is 30.0 Å². The Bertz CT molecular complexity index is 573. The van der Waals surface area contributed by atoms with Gasteiger partial charge in [-0.15, -0.1) is 0 Å². The molecule has 2 saturated heterocycles. The highest BCUT2D eigenvalue weighted by atomic mass is 19.1. The first kappa shape index (κ1) is 15.0. The molecule has 2 aliphatic rings. The summed E-state index contributed by atoms with van der Waals surface area (Å²) in [6.07, 6.45) is 2.45. The van der Waals surface area contributed by atoms with Crippen molar-refractivity contribution in [2.75, 3.05) is 24.5 Å². The number of piperidine rings is 1. The highest BCUT2D eigenvalue weighted by Crippen LogP contribution is 2.28. The topological polar surface area (TPSA) is 40.6 Å². The number of anilines is 1. The maximum absolute atomic E-state index is 13.0. The monoisotopic (exact) mass is 304 g/mol. The van der Waals surface area contributed by atoms with E-state index in [9.17, 15) is 14.0 Å². The maximum Gasteiger partial charge on any atom is 0.228 e. The van der Waals surface area contributed by atoms with E-state index < -0.39 is 0 Å². The molecule has 2 fully saturated rings. The van der Waals surface area contributed by atoms with Crippen LogP contribution in [-0.4, -0.2) is 36.3 Å². The van der Waals surface area contributed by atoms with Crippen molar-refractivity contribution in [3.05, 3.63) is 30.1 Å². The van der Waals surface area contributed by atoms with Crippen LogP contribution < -0.4 is 4.90 Å². The molecule has 0 aromatic heterocycles. The Hall–Kier alpha value is -1.91. The molecule has 1 aromatic rings. The zero-order chi connectivity index (χ0) is 15.7. The Kier molecular flexibility index (Phi) is 4.14. The standard InChI is InChI=1S/C17H21FN2O2/c1-12-3-2-8-19(10-12)17(22)13-9-16(21)20(11-13)15-6-4-14(18)5-7-15/h4-7,12-13H,2-3,8-11H2,1H3. The molecule has 2 atom stereocenters. The van der Waals surface area contributed by atoms with Crippen LogP contribution in [0.3, 0.4) is 0 Å². The van der Waals surface area contributed by atoms with Gasteiger partial charge in [0, 0.05) is 31.7 Å². The number of carbonyl (C=O) groups is 2. The number of halogens is 1. The number of likely N-dealkylation sites (tertiary alicyclic amines) is 1. The first-order valence-electron chi connectivity index (χ1n) is 7.89. The molecule has 5 heteroatoms. The van der Waals surface area contributed by atoms with Gasteiger partial charge in [0.25, 0.3) is 0 Å². The summed E-state index contributed by atoms with van der Waals surface area (Å²) in [4.78, 5) is 28.3. The van der Waals surface area contributed by atoms with E-state index in [4.69, 9.17) is 0 Å². The van der Waals surface area contributed by atoms with Crippen LogP contribution in [0.2, 0.25) is 0 Å². The molecule has 1 aromatic carbocycles. The van der Waals surface area contributed by atoms with E-state index in [0.717, 1.165) is 25.9 Å². The molecule has 0 bridgehead atoms. The van der Waals surface area contributed by atoms with Crippen molar-refractivity contribution < 1.29 is 14.0 Å².